The molecule has 18 heavy (non-hydrogen) atoms. The number of nitrogens with zero attached hydrogens (tertiary/aromatic N) is 1. The van der Waals surface area contributed by atoms with Crippen LogP contribution in [0.4, 0.5) is 15.8 Å². The standard InChI is InChI=1S/C12H15FN2O3/c13-8-1-2-9(10(11(8)14)12(17)18)15-5-3-7(16)4-6-15/h1-2,7,16H,3-6,14H2,(H,17,18). The minimum atomic E-state index is -1.24. The quantitative estimate of drug-likeness (QED) is 0.687. The average Bonchev–Trinajstić information content (AvgIpc) is 2.33. The van der Waals surface area contributed by atoms with Crippen LogP contribution in [0.1, 0.15) is 23.2 Å². The molecule has 98 valence electrons. The van der Waals surface area contributed by atoms with Gasteiger partial charge in [-0.3, -0.25) is 0 Å². The molecule has 1 aromatic rings. The van der Waals surface area contributed by atoms with E-state index in [1.807, 2.05) is 4.90 Å². The number of rotatable bonds is 2. The van der Waals surface area contributed by atoms with Crippen molar-refractivity contribution < 1.29 is 19.4 Å². The lowest BCUT2D eigenvalue weighted by Crippen LogP contribution is -2.36. The Morgan fingerprint density at radius 1 is 1.39 bits per heavy atom. The number of carboxylic acid groups (broad SMARTS) is 1. The van der Waals surface area contributed by atoms with Crippen LogP contribution in [0.15, 0.2) is 12.1 Å². The van der Waals surface area contributed by atoms with E-state index in [1.54, 1.807) is 0 Å². The summed E-state index contributed by atoms with van der Waals surface area (Å²) in [5.74, 6) is -1.97. The van der Waals surface area contributed by atoms with Crippen molar-refractivity contribution in [1.29, 1.82) is 0 Å². The van der Waals surface area contributed by atoms with Gasteiger partial charge in [0.2, 0.25) is 0 Å². The first-order valence-electron chi connectivity index (χ1n) is 5.75. The second kappa shape index (κ2) is 4.81. The van der Waals surface area contributed by atoms with E-state index in [4.69, 9.17) is 10.8 Å². The largest absolute Gasteiger partial charge is 0.478 e. The number of halogens is 1. The number of piperidine rings is 1. The van der Waals surface area contributed by atoms with Gasteiger partial charge in [-0.15, -0.1) is 0 Å². The molecule has 6 heteroatoms. The number of aliphatic hydroxyl groups is 1. The van der Waals surface area contributed by atoms with Crippen molar-refractivity contribution in [3.8, 4) is 0 Å². The average molecular weight is 254 g/mol. The Bertz CT molecular complexity index is 471. The fourth-order valence-electron chi connectivity index (χ4n) is 2.18. The summed E-state index contributed by atoms with van der Waals surface area (Å²) in [5.41, 5.74) is 5.35. The molecule has 1 saturated heterocycles. The lowest BCUT2D eigenvalue weighted by Gasteiger charge is -2.32. The highest BCUT2D eigenvalue weighted by Crippen LogP contribution is 2.30. The number of nitrogen functional groups attached to an aromatic ring is 1. The van der Waals surface area contributed by atoms with Crippen LogP contribution in [0.2, 0.25) is 0 Å². The first-order valence-corrected chi connectivity index (χ1v) is 5.75. The third-order valence-corrected chi connectivity index (χ3v) is 3.19. The lowest BCUT2D eigenvalue weighted by molar-refractivity contribution is 0.0698. The number of hydrogen-bond acceptors (Lipinski definition) is 4. The van der Waals surface area contributed by atoms with E-state index in [0.717, 1.165) is 0 Å². The molecule has 1 aliphatic rings. The molecule has 0 radical (unpaired) electrons. The van der Waals surface area contributed by atoms with E-state index < -0.39 is 11.8 Å². The lowest BCUT2D eigenvalue weighted by atomic mass is 10.0. The molecule has 0 saturated carbocycles. The number of anilines is 2. The van der Waals surface area contributed by atoms with E-state index in [-0.39, 0.29) is 17.4 Å². The van der Waals surface area contributed by atoms with Gasteiger partial charge in [0.15, 0.2) is 0 Å². The summed E-state index contributed by atoms with van der Waals surface area (Å²) in [6.07, 6.45) is 0.777. The maximum Gasteiger partial charge on any atom is 0.340 e. The van der Waals surface area contributed by atoms with Crippen molar-refractivity contribution >= 4 is 17.3 Å². The molecule has 0 unspecified atom stereocenters. The van der Waals surface area contributed by atoms with Crippen molar-refractivity contribution in [3.63, 3.8) is 0 Å². The molecular formula is C12H15FN2O3. The van der Waals surface area contributed by atoms with Crippen LogP contribution in [0, 0.1) is 5.82 Å². The zero-order valence-corrected chi connectivity index (χ0v) is 9.77. The highest BCUT2D eigenvalue weighted by atomic mass is 19.1. The van der Waals surface area contributed by atoms with Crippen LogP contribution >= 0.6 is 0 Å². The number of nitrogens with two attached hydrogens (primary N) is 1. The molecule has 1 aliphatic heterocycles. The van der Waals surface area contributed by atoms with Gasteiger partial charge < -0.3 is 20.8 Å². The molecule has 2 rings (SSSR count). The van der Waals surface area contributed by atoms with Gasteiger partial charge in [0.1, 0.15) is 11.4 Å². The third-order valence-electron chi connectivity index (χ3n) is 3.19. The summed E-state index contributed by atoms with van der Waals surface area (Å²) in [4.78, 5) is 13.0. The van der Waals surface area contributed by atoms with Gasteiger partial charge >= 0.3 is 5.97 Å². The number of hydrogen-bond donors (Lipinski definition) is 3. The summed E-state index contributed by atoms with van der Waals surface area (Å²) in [6.45, 7) is 1.07. The Kier molecular flexibility index (Phi) is 3.38. The maximum atomic E-state index is 13.3. The number of aromatic carboxylic acids is 1. The van der Waals surface area contributed by atoms with Crippen LogP contribution < -0.4 is 10.6 Å². The molecule has 0 spiro atoms. The highest BCUT2D eigenvalue weighted by Gasteiger charge is 2.24. The van der Waals surface area contributed by atoms with Gasteiger partial charge in [-0.1, -0.05) is 0 Å². The van der Waals surface area contributed by atoms with Crippen molar-refractivity contribution in [3.05, 3.63) is 23.5 Å². The van der Waals surface area contributed by atoms with Crippen LogP contribution in [0.5, 0.6) is 0 Å². The van der Waals surface area contributed by atoms with E-state index in [9.17, 15) is 14.3 Å². The highest BCUT2D eigenvalue weighted by molar-refractivity contribution is 6.00. The molecule has 0 amide bonds. The predicted octanol–water partition coefficient (Wildman–Crippen LogP) is 1.07. The van der Waals surface area contributed by atoms with Gasteiger partial charge in [-0.25, -0.2) is 9.18 Å². The molecule has 4 N–H and O–H groups in total. The van der Waals surface area contributed by atoms with Crippen molar-refractivity contribution in [2.24, 2.45) is 0 Å². The number of aliphatic hydroxyl groups excluding tert-OH is 1. The van der Waals surface area contributed by atoms with E-state index in [1.165, 1.54) is 12.1 Å². The molecule has 1 fully saturated rings. The molecular weight excluding hydrogens is 239 g/mol. The van der Waals surface area contributed by atoms with Crippen LogP contribution in [0.25, 0.3) is 0 Å². The third kappa shape index (κ3) is 2.24. The minimum absolute atomic E-state index is 0.202. The second-order valence-electron chi connectivity index (χ2n) is 4.38. The zero-order valence-electron chi connectivity index (χ0n) is 9.77. The molecule has 0 bridgehead atoms. The van der Waals surface area contributed by atoms with Crippen LogP contribution in [-0.2, 0) is 0 Å². The molecule has 5 nitrogen and oxygen atoms in total. The molecule has 1 aromatic carbocycles. The van der Waals surface area contributed by atoms with Crippen molar-refractivity contribution in [2.45, 2.75) is 18.9 Å². The number of carboxylic acids is 1. The Hall–Kier alpha value is -1.82. The molecule has 0 atom stereocenters. The smallest absolute Gasteiger partial charge is 0.340 e. The predicted molar refractivity (Wildman–Crippen MR) is 65.2 cm³/mol. The summed E-state index contributed by atoms with van der Waals surface area (Å²) in [6, 6.07) is 2.59. The van der Waals surface area contributed by atoms with Crippen LogP contribution in [-0.4, -0.2) is 35.4 Å². The van der Waals surface area contributed by atoms with E-state index in [0.29, 0.717) is 31.6 Å². The molecule has 0 aromatic heterocycles. The SMILES string of the molecule is Nc1c(F)ccc(N2CCC(O)CC2)c1C(=O)O. The Balaban J connectivity index is 2.38. The van der Waals surface area contributed by atoms with Gasteiger partial charge in [-0.05, 0) is 25.0 Å². The van der Waals surface area contributed by atoms with Gasteiger partial charge in [-0.2, -0.15) is 0 Å². The maximum absolute atomic E-state index is 13.3. The summed E-state index contributed by atoms with van der Waals surface area (Å²) >= 11 is 0. The first kappa shape index (κ1) is 12.6. The molecule has 1 heterocycles. The van der Waals surface area contributed by atoms with Gasteiger partial charge in [0.05, 0.1) is 17.5 Å². The second-order valence-corrected chi connectivity index (χ2v) is 4.38. The topological polar surface area (TPSA) is 86.8 Å². The van der Waals surface area contributed by atoms with E-state index in [2.05, 4.69) is 0 Å². The Labute approximate surface area is 104 Å². The number of carbonyl (C=O) groups is 1. The van der Waals surface area contributed by atoms with Crippen molar-refractivity contribution in [1.82, 2.24) is 0 Å². The first-order chi connectivity index (χ1) is 8.50. The summed E-state index contributed by atoms with van der Waals surface area (Å²) < 4.78 is 13.3. The van der Waals surface area contributed by atoms with Crippen LogP contribution in [0.3, 0.4) is 0 Å². The Morgan fingerprint density at radius 3 is 2.56 bits per heavy atom. The monoisotopic (exact) mass is 254 g/mol. The number of benzene rings is 1. The summed E-state index contributed by atoms with van der Waals surface area (Å²) in [5, 5.41) is 18.6. The van der Waals surface area contributed by atoms with Gasteiger partial charge in [0, 0.05) is 13.1 Å². The van der Waals surface area contributed by atoms with Crippen molar-refractivity contribution in [2.75, 3.05) is 23.7 Å². The van der Waals surface area contributed by atoms with E-state index >= 15 is 0 Å². The Morgan fingerprint density at radius 2 is 2.00 bits per heavy atom. The van der Waals surface area contributed by atoms with Gasteiger partial charge in [0.25, 0.3) is 0 Å². The minimum Gasteiger partial charge on any atom is -0.478 e. The fourth-order valence-corrected chi connectivity index (χ4v) is 2.18. The normalized spacial score (nSPS) is 16.9. The zero-order chi connectivity index (χ0) is 13.3. The summed E-state index contributed by atoms with van der Waals surface area (Å²) in [7, 11) is 0. The molecule has 0 aliphatic carbocycles. The fraction of sp³-hybridized carbons (Fsp3) is 0.417.